The summed E-state index contributed by atoms with van der Waals surface area (Å²) in [5.74, 6) is -1.41. The normalized spacial score (nSPS) is 22.2. The maximum absolute atomic E-state index is 9.10. The van der Waals surface area contributed by atoms with E-state index in [1.54, 1.807) is 11.8 Å². The molecule has 0 radical (unpaired) electrons. The molecule has 2 bridgehead atoms. The zero-order valence-corrected chi connectivity index (χ0v) is 16.4. The minimum Gasteiger partial charge on any atom is -0.473 e. The number of carboxylic acids is 2. The molecule has 8 nitrogen and oxygen atoms in total. The molecule has 4 rings (SSSR count). The molecule has 2 aliphatic rings. The number of nitriles is 1. The van der Waals surface area contributed by atoms with Gasteiger partial charge in [-0.15, -0.1) is 0 Å². The topological polar surface area (TPSA) is 127 Å². The minimum absolute atomic E-state index is 0.580. The summed E-state index contributed by atoms with van der Waals surface area (Å²) >= 11 is 3.11. The van der Waals surface area contributed by atoms with E-state index in [-0.39, 0.29) is 0 Å². The van der Waals surface area contributed by atoms with Gasteiger partial charge in [0.15, 0.2) is 0 Å². The number of piperidine rings is 1. The molecule has 0 amide bonds. The molecule has 2 fully saturated rings. The predicted octanol–water partition coefficient (Wildman–Crippen LogP) is 2.28. The fourth-order valence-corrected chi connectivity index (χ4v) is 5.16. The van der Waals surface area contributed by atoms with Gasteiger partial charge in [-0.3, -0.25) is 0 Å². The van der Waals surface area contributed by atoms with Crippen molar-refractivity contribution < 1.29 is 19.8 Å². The van der Waals surface area contributed by atoms with Crippen molar-refractivity contribution in [2.45, 2.75) is 23.1 Å². The molecule has 0 spiro atoms. The molecule has 146 valence electrons. The third-order valence-corrected chi connectivity index (χ3v) is 6.52. The number of nitrogens with zero attached hydrogens (tertiary/aromatic N) is 4. The number of benzene rings is 1. The molecule has 2 saturated heterocycles. The lowest BCUT2D eigenvalue weighted by molar-refractivity contribution is -0.159. The van der Waals surface area contributed by atoms with Crippen LogP contribution in [-0.2, 0) is 15.3 Å². The molecule has 2 N–H and O–H groups in total. The summed E-state index contributed by atoms with van der Waals surface area (Å²) in [6.45, 7) is 3.65. The molecular formula is C18H18N4O4S2. The van der Waals surface area contributed by atoms with E-state index in [4.69, 9.17) is 25.1 Å². The molecule has 28 heavy (non-hydrogen) atoms. The Morgan fingerprint density at radius 1 is 1.21 bits per heavy atom. The van der Waals surface area contributed by atoms with E-state index in [9.17, 15) is 0 Å². The van der Waals surface area contributed by atoms with Crippen LogP contribution in [0.3, 0.4) is 0 Å². The molecule has 3 heterocycles. The summed E-state index contributed by atoms with van der Waals surface area (Å²) in [4.78, 5) is 20.7. The van der Waals surface area contributed by atoms with Crippen molar-refractivity contribution in [2.75, 3.05) is 19.6 Å². The Labute approximate surface area is 170 Å². The van der Waals surface area contributed by atoms with Crippen molar-refractivity contribution in [3.8, 4) is 6.07 Å². The van der Waals surface area contributed by atoms with Gasteiger partial charge in [0.05, 0.1) is 29.1 Å². The van der Waals surface area contributed by atoms with Gasteiger partial charge < -0.3 is 15.1 Å². The van der Waals surface area contributed by atoms with Crippen LogP contribution in [0.25, 0.3) is 0 Å². The molecule has 10 heteroatoms. The first-order chi connectivity index (χ1) is 13.5. The van der Waals surface area contributed by atoms with Gasteiger partial charge in [-0.2, -0.15) is 14.0 Å². The van der Waals surface area contributed by atoms with Crippen molar-refractivity contribution >= 4 is 35.4 Å². The van der Waals surface area contributed by atoms with Crippen LogP contribution in [-0.4, -0.2) is 55.4 Å². The van der Waals surface area contributed by atoms with Gasteiger partial charge in [-0.25, -0.2) is 9.59 Å². The zero-order valence-electron chi connectivity index (χ0n) is 14.8. The number of carbonyl (C=O) groups is 2. The van der Waals surface area contributed by atoms with Crippen LogP contribution in [0.2, 0.25) is 0 Å². The van der Waals surface area contributed by atoms with Crippen molar-refractivity contribution in [1.29, 1.82) is 5.26 Å². The zero-order chi connectivity index (χ0) is 20.1. The second-order valence-electron chi connectivity index (χ2n) is 6.58. The molecule has 3 atom stereocenters. The summed E-state index contributed by atoms with van der Waals surface area (Å²) in [7, 11) is 0. The standard InChI is InChI=1S/C16H16N4S2.C2H2O4/c17-7-11-1-3-12(4-2-11)10-21-16-15(18-22-19-16)14-9-20-6-5-13(14)8-20;3-1(4)2(5)6/h1-4,13-14H,5-6,8-10H2;(H,3,4)(H,5,6). The first-order valence-corrected chi connectivity index (χ1v) is 10.3. The molecule has 1 aromatic heterocycles. The maximum atomic E-state index is 9.10. The van der Waals surface area contributed by atoms with Crippen LogP contribution in [0, 0.1) is 17.2 Å². The average Bonchev–Trinajstić information content (AvgIpc) is 3.43. The third kappa shape index (κ3) is 4.86. The molecule has 1 aromatic carbocycles. The van der Waals surface area contributed by atoms with E-state index < -0.39 is 11.9 Å². The van der Waals surface area contributed by atoms with E-state index in [1.807, 2.05) is 24.3 Å². The predicted molar refractivity (Wildman–Crippen MR) is 103 cm³/mol. The van der Waals surface area contributed by atoms with Gasteiger partial charge in [-0.1, -0.05) is 23.9 Å². The van der Waals surface area contributed by atoms with Crippen molar-refractivity contribution in [3.05, 3.63) is 41.1 Å². The highest BCUT2D eigenvalue weighted by molar-refractivity contribution is 7.98. The van der Waals surface area contributed by atoms with Crippen molar-refractivity contribution in [2.24, 2.45) is 5.92 Å². The number of rotatable bonds is 4. The molecule has 2 aliphatic heterocycles. The monoisotopic (exact) mass is 418 g/mol. The highest BCUT2D eigenvalue weighted by Crippen LogP contribution is 2.42. The summed E-state index contributed by atoms with van der Waals surface area (Å²) in [5.41, 5.74) is 3.15. The maximum Gasteiger partial charge on any atom is 0.414 e. The molecule has 3 unspecified atom stereocenters. The summed E-state index contributed by atoms with van der Waals surface area (Å²) < 4.78 is 9.11. The Hall–Kier alpha value is -2.48. The second-order valence-corrected chi connectivity index (χ2v) is 8.07. The smallest absolute Gasteiger partial charge is 0.414 e. The van der Waals surface area contributed by atoms with Crippen molar-refractivity contribution in [1.82, 2.24) is 13.6 Å². The van der Waals surface area contributed by atoms with E-state index in [0.29, 0.717) is 11.5 Å². The van der Waals surface area contributed by atoms with E-state index >= 15 is 0 Å². The number of carboxylic acid groups (broad SMARTS) is 2. The van der Waals surface area contributed by atoms with Crippen molar-refractivity contribution in [3.63, 3.8) is 0 Å². The van der Waals surface area contributed by atoms with Crippen LogP contribution in [0.5, 0.6) is 0 Å². The number of fused-ring (bicyclic) bond motifs is 2. The van der Waals surface area contributed by atoms with E-state index in [2.05, 4.69) is 19.7 Å². The molecule has 0 aliphatic carbocycles. The Kier molecular flexibility index (Phi) is 6.61. The Bertz CT molecular complexity index is 882. The van der Waals surface area contributed by atoms with Crippen LogP contribution in [0.4, 0.5) is 0 Å². The lowest BCUT2D eigenvalue weighted by Gasteiger charge is -2.20. The Morgan fingerprint density at radius 2 is 1.93 bits per heavy atom. The van der Waals surface area contributed by atoms with E-state index in [1.165, 1.54) is 42.5 Å². The number of aromatic nitrogens is 2. The number of hydrogen-bond donors (Lipinski definition) is 2. The number of thioether (sulfide) groups is 1. The quantitative estimate of drug-likeness (QED) is 0.567. The van der Waals surface area contributed by atoms with Crippen LogP contribution in [0.15, 0.2) is 29.3 Å². The molecule has 2 aromatic rings. The molecular weight excluding hydrogens is 400 g/mol. The first kappa shape index (κ1) is 20.3. The van der Waals surface area contributed by atoms with Gasteiger partial charge in [-0.05, 0) is 36.6 Å². The highest BCUT2D eigenvalue weighted by Gasteiger charge is 2.41. The first-order valence-electron chi connectivity index (χ1n) is 8.60. The van der Waals surface area contributed by atoms with Crippen LogP contribution < -0.4 is 0 Å². The minimum atomic E-state index is -1.82. The lowest BCUT2D eigenvalue weighted by Crippen LogP contribution is -2.22. The second kappa shape index (κ2) is 9.14. The van der Waals surface area contributed by atoms with Crippen LogP contribution >= 0.6 is 23.5 Å². The number of aliphatic carboxylic acids is 2. The Morgan fingerprint density at radius 3 is 2.46 bits per heavy atom. The Balaban J connectivity index is 0.000000330. The van der Waals surface area contributed by atoms with Gasteiger partial charge >= 0.3 is 11.9 Å². The average molecular weight is 419 g/mol. The van der Waals surface area contributed by atoms with Gasteiger partial charge in [0.1, 0.15) is 5.03 Å². The lowest BCUT2D eigenvalue weighted by atomic mass is 9.90. The molecule has 0 saturated carbocycles. The largest absolute Gasteiger partial charge is 0.473 e. The van der Waals surface area contributed by atoms with Gasteiger partial charge in [0.25, 0.3) is 0 Å². The fourth-order valence-electron chi connectivity index (χ4n) is 3.43. The number of hydrogen-bond acceptors (Lipinski definition) is 8. The van der Waals surface area contributed by atoms with Crippen LogP contribution in [0.1, 0.15) is 29.2 Å². The SMILES string of the molecule is N#Cc1ccc(CSc2nsnc2C2CN3CCC2C3)cc1.O=C(O)C(=O)O. The highest BCUT2D eigenvalue weighted by atomic mass is 32.2. The van der Waals surface area contributed by atoms with Gasteiger partial charge in [0.2, 0.25) is 0 Å². The summed E-state index contributed by atoms with van der Waals surface area (Å²) in [5, 5.41) is 24.7. The van der Waals surface area contributed by atoms with Gasteiger partial charge in [0, 0.05) is 24.8 Å². The summed E-state index contributed by atoms with van der Waals surface area (Å²) in [6, 6.07) is 9.95. The third-order valence-electron chi connectivity index (χ3n) is 4.81. The summed E-state index contributed by atoms with van der Waals surface area (Å²) in [6.07, 6.45) is 1.31. The fraction of sp³-hybridized carbons (Fsp3) is 0.389. The van der Waals surface area contributed by atoms with E-state index in [0.717, 1.165) is 23.2 Å².